The zero-order chi connectivity index (χ0) is 34.8. The number of amides is 4. The SMILES string of the molecule is CS(=O)(=O)c1ccc(N2CCC(CCN3CCN(c4cc5c(cc4F)C(=O)N(C4CCC(=O)NC4=O)C5=O)CC3)CC2)c2c1[C@@H](O)[C@@H](F)C2. The fraction of sp³-hybridized carbons (Fsp3) is 0.529. The van der Waals surface area contributed by atoms with Crippen molar-refractivity contribution in [3.63, 3.8) is 0 Å². The molecule has 49 heavy (non-hydrogen) atoms. The molecular weight excluding hydrogens is 660 g/mol. The lowest BCUT2D eigenvalue weighted by Gasteiger charge is -2.38. The Kier molecular flexibility index (Phi) is 8.72. The molecule has 1 unspecified atom stereocenters. The summed E-state index contributed by atoms with van der Waals surface area (Å²) in [5, 5.41) is 12.6. The monoisotopic (exact) mass is 699 g/mol. The summed E-state index contributed by atoms with van der Waals surface area (Å²) >= 11 is 0. The van der Waals surface area contributed by atoms with Crippen molar-refractivity contribution in [3.8, 4) is 0 Å². The number of imide groups is 2. The number of piperidine rings is 2. The number of aliphatic hydroxyl groups is 1. The maximum Gasteiger partial charge on any atom is 0.262 e. The summed E-state index contributed by atoms with van der Waals surface area (Å²) in [6.45, 7) is 4.80. The van der Waals surface area contributed by atoms with E-state index in [-0.39, 0.29) is 46.5 Å². The average molecular weight is 700 g/mol. The molecule has 2 aromatic rings. The molecule has 15 heteroatoms. The van der Waals surface area contributed by atoms with Gasteiger partial charge in [-0.2, -0.15) is 0 Å². The molecule has 4 heterocycles. The molecule has 2 N–H and O–H groups in total. The lowest BCUT2D eigenvalue weighted by atomic mass is 9.92. The van der Waals surface area contributed by atoms with Gasteiger partial charge in [-0.25, -0.2) is 17.2 Å². The molecule has 0 aromatic heterocycles. The van der Waals surface area contributed by atoms with Crippen LogP contribution in [-0.2, 0) is 25.8 Å². The average Bonchev–Trinajstić information content (AvgIpc) is 3.49. The third-order valence-corrected chi connectivity index (χ3v) is 11.9. The maximum absolute atomic E-state index is 15.3. The Labute approximate surface area is 282 Å². The number of benzene rings is 2. The number of halogens is 2. The second-order valence-corrected chi connectivity index (χ2v) is 15.7. The van der Waals surface area contributed by atoms with Crippen molar-refractivity contribution >= 4 is 44.8 Å². The molecule has 1 aliphatic carbocycles. The van der Waals surface area contributed by atoms with Crippen LogP contribution in [0.15, 0.2) is 29.2 Å². The van der Waals surface area contributed by atoms with Crippen LogP contribution in [-0.4, -0.2) is 111 Å². The first-order valence-corrected chi connectivity index (χ1v) is 18.7. The second kappa shape index (κ2) is 12.7. The molecule has 3 atom stereocenters. The Morgan fingerprint density at radius 2 is 1.55 bits per heavy atom. The highest BCUT2D eigenvalue weighted by Crippen LogP contribution is 2.43. The van der Waals surface area contributed by atoms with Crippen molar-refractivity contribution in [3.05, 3.63) is 52.3 Å². The van der Waals surface area contributed by atoms with Crippen LogP contribution in [0.4, 0.5) is 20.2 Å². The summed E-state index contributed by atoms with van der Waals surface area (Å²) in [5.74, 6) is -2.72. The van der Waals surface area contributed by atoms with E-state index >= 15 is 4.39 Å². The minimum Gasteiger partial charge on any atom is -0.385 e. The van der Waals surface area contributed by atoms with Crippen LogP contribution in [0.25, 0.3) is 0 Å². The normalized spacial score (nSPS) is 25.2. The number of sulfone groups is 1. The predicted octanol–water partition coefficient (Wildman–Crippen LogP) is 1.99. The number of nitrogens with one attached hydrogen (secondary N) is 1. The number of alkyl halides is 1. The molecule has 0 bridgehead atoms. The Hall–Kier alpha value is -3.95. The molecule has 262 valence electrons. The number of nitrogens with zero attached hydrogens (tertiary/aromatic N) is 4. The van der Waals surface area contributed by atoms with E-state index in [1.807, 2.05) is 4.90 Å². The lowest BCUT2D eigenvalue weighted by Crippen LogP contribution is -2.54. The van der Waals surface area contributed by atoms with Crippen LogP contribution in [0.5, 0.6) is 0 Å². The second-order valence-electron chi connectivity index (χ2n) is 13.8. The summed E-state index contributed by atoms with van der Waals surface area (Å²) in [7, 11) is -3.62. The molecule has 7 rings (SSSR count). The number of anilines is 2. The van der Waals surface area contributed by atoms with E-state index in [1.165, 1.54) is 12.1 Å². The van der Waals surface area contributed by atoms with Crippen molar-refractivity contribution < 1.29 is 41.5 Å². The van der Waals surface area contributed by atoms with Gasteiger partial charge in [0.2, 0.25) is 11.8 Å². The molecule has 0 radical (unpaired) electrons. The third-order valence-electron chi connectivity index (χ3n) is 10.8. The minimum absolute atomic E-state index is 0.00555. The van der Waals surface area contributed by atoms with Gasteiger partial charge in [0.05, 0.1) is 21.7 Å². The molecule has 3 fully saturated rings. The number of piperazine rings is 1. The third kappa shape index (κ3) is 6.09. The number of carbonyl (C=O) groups excluding carboxylic acids is 4. The number of aliphatic hydroxyl groups excluding tert-OH is 1. The zero-order valence-electron chi connectivity index (χ0n) is 27.2. The molecule has 3 saturated heterocycles. The number of fused-ring (bicyclic) bond motifs is 2. The van der Waals surface area contributed by atoms with Crippen LogP contribution in [0.2, 0.25) is 0 Å². The number of hydrogen-bond donors (Lipinski definition) is 2. The molecule has 12 nitrogen and oxygen atoms in total. The zero-order valence-corrected chi connectivity index (χ0v) is 28.0. The molecule has 4 aliphatic heterocycles. The molecule has 5 aliphatic rings. The first-order chi connectivity index (χ1) is 23.3. The summed E-state index contributed by atoms with van der Waals surface area (Å²) in [5.41, 5.74) is 1.78. The highest BCUT2D eigenvalue weighted by Gasteiger charge is 2.45. The number of carbonyl (C=O) groups is 4. The van der Waals surface area contributed by atoms with Crippen molar-refractivity contribution in [1.29, 1.82) is 0 Å². The minimum atomic E-state index is -3.62. The molecule has 4 amide bonds. The van der Waals surface area contributed by atoms with Crippen LogP contribution in [0.1, 0.15) is 70.1 Å². The first kappa shape index (κ1) is 33.5. The fourth-order valence-corrected chi connectivity index (χ4v) is 9.00. The Bertz CT molecular complexity index is 1840. The van der Waals surface area contributed by atoms with Gasteiger partial charge in [0.25, 0.3) is 11.8 Å². The van der Waals surface area contributed by atoms with Gasteiger partial charge in [-0.15, -0.1) is 0 Å². The number of hydrogen-bond acceptors (Lipinski definition) is 10. The van der Waals surface area contributed by atoms with Crippen molar-refractivity contribution in [2.45, 2.75) is 61.7 Å². The maximum atomic E-state index is 15.3. The van der Waals surface area contributed by atoms with E-state index in [1.54, 1.807) is 6.07 Å². The number of rotatable bonds is 7. The van der Waals surface area contributed by atoms with Gasteiger partial charge < -0.3 is 14.9 Å². The van der Waals surface area contributed by atoms with Gasteiger partial charge >= 0.3 is 0 Å². The van der Waals surface area contributed by atoms with Crippen LogP contribution >= 0.6 is 0 Å². The summed E-state index contributed by atoms with van der Waals surface area (Å²) < 4.78 is 54.5. The molecule has 2 aromatic carbocycles. The first-order valence-electron chi connectivity index (χ1n) is 16.8. The molecular formula is C34H39F2N5O7S. The Morgan fingerprint density at radius 1 is 0.898 bits per heavy atom. The molecule has 0 saturated carbocycles. The van der Waals surface area contributed by atoms with E-state index < -0.39 is 57.6 Å². The highest BCUT2D eigenvalue weighted by atomic mass is 32.2. The van der Waals surface area contributed by atoms with Gasteiger partial charge in [-0.05, 0) is 68.0 Å². The van der Waals surface area contributed by atoms with Crippen LogP contribution < -0.4 is 15.1 Å². The largest absolute Gasteiger partial charge is 0.385 e. The lowest BCUT2D eigenvalue weighted by molar-refractivity contribution is -0.136. The summed E-state index contributed by atoms with van der Waals surface area (Å²) in [6, 6.07) is 4.59. The smallest absolute Gasteiger partial charge is 0.262 e. The standard InChI is InChI=1S/C34H39F2N5O7S/c1-49(47,48)28-4-2-25(22-17-24(36)31(43)30(22)28)39-10-7-19(8-11-39)6-9-38-12-14-40(15-13-38)27-18-21-20(16-23(27)35)33(45)41(34(21)46)26-3-5-29(42)37-32(26)44/h2,4,16,18-19,24,26,31,43H,3,5-15,17H2,1H3,(H,37,42,44)/t24-,26?,31-/m0/s1. The van der Waals surface area contributed by atoms with Crippen molar-refractivity contribution in [2.24, 2.45) is 5.92 Å². The highest BCUT2D eigenvalue weighted by molar-refractivity contribution is 7.90. The quantitative estimate of drug-likeness (QED) is 0.412. The van der Waals surface area contributed by atoms with Crippen LogP contribution in [0.3, 0.4) is 0 Å². The molecule has 0 spiro atoms. The summed E-state index contributed by atoms with van der Waals surface area (Å²) in [6.07, 6.45) is 0.945. The van der Waals surface area contributed by atoms with E-state index in [4.69, 9.17) is 0 Å². The van der Waals surface area contributed by atoms with Gasteiger partial charge in [0, 0.05) is 69.6 Å². The van der Waals surface area contributed by atoms with Gasteiger partial charge in [0.15, 0.2) is 9.84 Å². The van der Waals surface area contributed by atoms with Crippen molar-refractivity contribution in [1.82, 2.24) is 15.1 Å². The van der Waals surface area contributed by atoms with Gasteiger partial charge in [-0.1, -0.05) is 0 Å². The Morgan fingerprint density at radius 3 is 2.20 bits per heavy atom. The van der Waals surface area contributed by atoms with Crippen LogP contribution in [0, 0.1) is 11.7 Å². The fourth-order valence-electron chi connectivity index (χ4n) is 8.04. The van der Waals surface area contributed by atoms with E-state index in [0.29, 0.717) is 37.7 Å². The van der Waals surface area contributed by atoms with E-state index in [0.717, 1.165) is 61.8 Å². The van der Waals surface area contributed by atoms with E-state index in [2.05, 4.69) is 15.1 Å². The topological polar surface area (TPSA) is 148 Å². The van der Waals surface area contributed by atoms with E-state index in [9.17, 15) is 37.1 Å². The predicted molar refractivity (Wildman–Crippen MR) is 174 cm³/mol. The van der Waals surface area contributed by atoms with Gasteiger partial charge in [0.1, 0.15) is 24.1 Å². The summed E-state index contributed by atoms with van der Waals surface area (Å²) in [4.78, 5) is 57.4. The van der Waals surface area contributed by atoms with Crippen molar-refractivity contribution in [2.75, 3.05) is 61.9 Å². The van der Waals surface area contributed by atoms with Gasteiger partial charge in [-0.3, -0.25) is 34.3 Å². The Balaban J connectivity index is 0.926.